The fourth-order valence-corrected chi connectivity index (χ4v) is 3.90. The van der Waals surface area contributed by atoms with Crippen molar-refractivity contribution in [2.75, 3.05) is 0 Å². The van der Waals surface area contributed by atoms with Crippen LogP contribution in [0.5, 0.6) is 0 Å². The minimum absolute atomic E-state index is 0.262. The first-order chi connectivity index (χ1) is 13.8. The Labute approximate surface area is 179 Å². The van der Waals surface area contributed by atoms with Crippen molar-refractivity contribution in [2.45, 2.75) is 148 Å². The number of nitrogens with two attached hydrogens (primary N) is 1. The SMILES string of the molecule is CCCCCCCCCCCCCCCCCC(=O)OC(CC)(CC)C(N)(O)O. The lowest BCUT2D eigenvalue weighted by Gasteiger charge is -2.39. The molecule has 0 saturated carbocycles. The Bertz CT molecular complexity index is 389. The van der Waals surface area contributed by atoms with Crippen molar-refractivity contribution < 1.29 is 19.7 Å². The second kappa shape index (κ2) is 17.1. The predicted octanol–water partition coefficient (Wildman–Crippen LogP) is 5.95. The van der Waals surface area contributed by atoms with Crippen LogP contribution in [0.2, 0.25) is 0 Å². The van der Waals surface area contributed by atoms with E-state index in [-0.39, 0.29) is 12.8 Å². The maximum Gasteiger partial charge on any atom is 0.306 e. The highest BCUT2D eigenvalue weighted by Crippen LogP contribution is 2.29. The molecule has 5 heteroatoms. The van der Waals surface area contributed by atoms with Gasteiger partial charge in [-0.1, -0.05) is 111 Å². The third-order valence-corrected chi connectivity index (χ3v) is 6.11. The van der Waals surface area contributed by atoms with E-state index in [0.717, 1.165) is 19.3 Å². The molecule has 0 radical (unpaired) electrons. The number of rotatable bonds is 20. The van der Waals surface area contributed by atoms with Crippen LogP contribution in [0.25, 0.3) is 0 Å². The van der Waals surface area contributed by atoms with Gasteiger partial charge in [0, 0.05) is 6.42 Å². The maximum absolute atomic E-state index is 12.1. The molecule has 5 nitrogen and oxygen atoms in total. The molecule has 0 bridgehead atoms. The predicted molar refractivity (Wildman–Crippen MR) is 120 cm³/mol. The third-order valence-electron chi connectivity index (χ3n) is 6.11. The molecule has 0 aromatic heterocycles. The summed E-state index contributed by atoms with van der Waals surface area (Å²) in [5.74, 6) is -2.91. The Morgan fingerprint density at radius 2 is 1.03 bits per heavy atom. The average Bonchev–Trinajstić information content (AvgIpc) is 2.68. The minimum Gasteiger partial charge on any atom is -0.452 e. The highest BCUT2D eigenvalue weighted by atomic mass is 16.6. The normalized spacial score (nSPS) is 12.3. The number of ether oxygens (including phenoxy) is 1. The van der Waals surface area contributed by atoms with Gasteiger partial charge in [0.25, 0.3) is 5.91 Å². The van der Waals surface area contributed by atoms with Crippen LogP contribution >= 0.6 is 0 Å². The van der Waals surface area contributed by atoms with Crippen molar-refractivity contribution in [1.82, 2.24) is 0 Å². The Balaban J connectivity index is 3.58. The molecule has 0 atom stereocenters. The summed E-state index contributed by atoms with van der Waals surface area (Å²) in [5.41, 5.74) is 3.97. The van der Waals surface area contributed by atoms with E-state index in [1.165, 1.54) is 77.0 Å². The Morgan fingerprint density at radius 1 is 0.690 bits per heavy atom. The zero-order valence-electron chi connectivity index (χ0n) is 19.5. The van der Waals surface area contributed by atoms with Crippen LogP contribution in [-0.4, -0.2) is 27.7 Å². The molecule has 4 N–H and O–H groups in total. The van der Waals surface area contributed by atoms with Crippen molar-refractivity contribution in [2.24, 2.45) is 5.73 Å². The molecule has 29 heavy (non-hydrogen) atoms. The molecule has 0 heterocycles. The van der Waals surface area contributed by atoms with E-state index in [9.17, 15) is 15.0 Å². The molecule has 0 aliphatic heterocycles. The second-order valence-electron chi connectivity index (χ2n) is 8.60. The van der Waals surface area contributed by atoms with Gasteiger partial charge in [-0.25, -0.2) is 0 Å². The van der Waals surface area contributed by atoms with Gasteiger partial charge in [0.15, 0.2) is 5.60 Å². The summed E-state index contributed by atoms with van der Waals surface area (Å²) < 4.78 is 5.36. The lowest BCUT2D eigenvalue weighted by molar-refractivity contribution is -0.281. The molecule has 0 rings (SSSR count). The molecular weight excluding hydrogens is 366 g/mol. The van der Waals surface area contributed by atoms with Gasteiger partial charge >= 0.3 is 5.97 Å². The van der Waals surface area contributed by atoms with Gasteiger partial charge < -0.3 is 14.9 Å². The fraction of sp³-hybridized carbons (Fsp3) is 0.958. The van der Waals surface area contributed by atoms with E-state index >= 15 is 0 Å². The molecule has 174 valence electrons. The van der Waals surface area contributed by atoms with Gasteiger partial charge in [-0.05, 0) is 19.3 Å². The molecule has 0 aliphatic carbocycles. The zero-order chi connectivity index (χ0) is 22.0. The van der Waals surface area contributed by atoms with Crippen LogP contribution in [0.4, 0.5) is 0 Å². The van der Waals surface area contributed by atoms with E-state index in [4.69, 9.17) is 10.5 Å². The van der Waals surface area contributed by atoms with Crippen molar-refractivity contribution in [1.29, 1.82) is 0 Å². The van der Waals surface area contributed by atoms with Gasteiger partial charge in [-0.3, -0.25) is 10.5 Å². The molecule has 0 aliphatic rings. The van der Waals surface area contributed by atoms with Gasteiger partial charge in [-0.2, -0.15) is 0 Å². The second-order valence-corrected chi connectivity index (χ2v) is 8.60. The first-order valence-corrected chi connectivity index (χ1v) is 12.3. The quantitative estimate of drug-likeness (QED) is 0.130. The van der Waals surface area contributed by atoms with Crippen molar-refractivity contribution in [3.63, 3.8) is 0 Å². The van der Waals surface area contributed by atoms with E-state index in [0.29, 0.717) is 6.42 Å². The average molecular weight is 416 g/mol. The summed E-state index contributed by atoms with van der Waals surface area (Å²) in [6.07, 6.45) is 20.0. The van der Waals surface area contributed by atoms with Crippen molar-refractivity contribution >= 4 is 5.97 Å². The van der Waals surface area contributed by atoms with Crippen LogP contribution in [0.15, 0.2) is 0 Å². The lowest BCUT2D eigenvalue weighted by Crippen LogP contribution is -2.62. The third kappa shape index (κ3) is 13.3. The summed E-state index contributed by atoms with van der Waals surface area (Å²) in [6.45, 7) is 5.73. The number of hydrogen-bond donors (Lipinski definition) is 3. The molecule has 0 unspecified atom stereocenters. The molecular formula is C24H49NO4. The van der Waals surface area contributed by atoms with E-state index in [2.05, 4.69) is 6.92 Å². The highest BCUT2D eigenvalue weighted by molar-refractivity contribution is 5.70. The number of unbranched alkanes of at least 4 members (excludes halogenated alkanes) is 14. The summed E-state index contributed by atoms with van der Waals surface area (Å²) >= 11 is 0. The summed E-state index contributed by atoms with van der Waals surface area (Å²) in [7, 11) is 0. The molecule has 0 aromatic rings. The number of esters is 1. The fourth-order valence-electron chi connectivity index (χ4n) is 3.90. The molecule has 0 saturated heterocycles. The van der Waals surface area contributed by atoms with Gasteiger partial charge in [0.05, 0.1) is 0 Å². The van der Waals surface area contributed by atoms with Crippen LogP contribution in [0.3, 0.4) is 0 Å². The highest BCUT2D eigenvalue weighted by Gasteiger charge is 2.48. The van der Waals surface area contributed by atoms with Crippen molar-refractivity contribution in [3.05, 3.63) is 0 Å². The van der Waals surface area contributed by atoms with E-state index < -0.39 is 17.5 Å². The number of carbonyl (C=O) groups is 1. The first-order valence-electron chi connectivity index (χ1n) is 12.3. The Hall–Kier alpha value is -0.650. The first kappa shape index (κ1) is 28.4. The lowest BCUT2D eigenvalue weighted by atomic mass is 9.92. The monoisotopic (exact) mass is 415 g/mol. The molecule has 0 amide bonds. The van der Waals surface area contributed by atoms with Gasteiger partial charge in [0.2, 0.25) is 0 Å². The summed E-state index contributed by atoms with van der Waals surface area (Å²) in [4.78, 5) is 12.1. The van der Waals surface area contributed by atoms with Crippen LogP contribution in [0, 0.1) is 0 Å². The zero-order valence-corrected chi connectivity index (χ0v) is 19.5. The van der Waals surface area contributed by atoms with Crippen molar-refractivity contribution in [3.8, 4) is 0 Å². The number of carbonyl (C=O) groups excluding carboxylic acids is 1. The molecule has 0 fully saturated rings. The number of hydrogen-bond acceptors (Lipinski definition) is 5. The van der Waals surface area contributed by atoms with Gasteiger partial charge in [-0.15, -0.1) is 0 Å². The molecule has 0 aromatic carbocycles. The Morgan fingerprint density at radius 3 is 1.34 bits per heavy atom. The largest absolute Gasteiger partial charge is 0.452 e. The summed E-state index contributed by atoms with van der Waals surface area (Å²) in [6, 6.07) is 0. The van der Waals surface area contributed by atoms with Gasteiger partial charge in [0.1, 0.15) is 0 Å². The van der Waals surface area contributed by atoms with Crippen LogP contribution in [0.1, 0.15) is 136 Å². The number of aliphatic hydroxyl groups is 2. The van der Waals surface area contributed by atoms with Crippen LogP contribution < -0.4 is 5.73 Å². The van der Waals surface area contributed by atoms with E-state index in [1.54, 1.807) is 13.8 Å². The topological polar surface area (TPSA) is 92.8 Å². The minimum atomic E-state index is -2.51. The Kier molecular flexibility index (Phi) is 16.7. The van der Waals surface area contributed by atoms with Crippen LogP contribution in [-0.2, 0) is 9.53 Å². The smallest absolute Gasteiger partial charge is 0.306 e. The molecule has 0 spiro atoms. The standard InChI is InChI=1S/C24H49NO4/c1-4-7-8-9-10-11-12-13-14-15-16-17-18-19-20-21-22(26)29-23(5-2,6-3)24(25,27)28/h27-28H,4-21,25H2,1-3H3. The van der Waals surface area contributed by atoms with E-state index in [1.807, 2.05) is 0 Å². The summed E-state index contributed by atoms with van der Waals surface area (Å²) in [5, 5.41) is 19.5. The maximum atomic E-state index is 12.1.